The van der Waals surface area contributed by atoms with Crippen molar-refractivity contribution >= 4 is 0 Å². The van der Waals surface area contributed by atoms with Crippen molar-refractivity contribution in [3.63, 3.8) is 0 Å². The number of rotatable bonds is 12. The second-order valence-corrected chi connectivity index (χ2v) is 12.1. The van der Waals surface area contributed by atoms with Crippen LogP contribution in [-0.2, 0) is 45.6 Å². The smallest absolute Gasteiger partial charge is 0.119 e. The minimum atomic E-state index is 0.568. The van der Waals surface area contributed by atoms with Gasteiger partial charge in [-0.15, -0.1) is 0 Å². The average molecular weight is 751 g/mol. The van der Waals surface area contributed by atoms with E-state index in [4.69, 9.17) is 20.9 Å². The lowest BCUT2D eigenvalue weighted by atomic mass is 10.1. The van der Waals surface area contributed by atoms with Crippen molar-refractivity contribution < 1.29 is 9.47 Å². The van der Waals surface area contributed by atoms with Crippen LogP contribution in [0.25, 0.3) is 0 Å². The molecule has 4 heteroatoms. The Morgan fingerprint density at radius 1 is 0.418 bits per heavy atom. The first kappa shape index (κ1) is 52.7. The Hall–Kier alpha value is -4.38. The molecular weight excluding hydrogens is 673 g/mol. The monoisotopic (exact) mass is 751 g/mol. The van der Waals surface area contributed by atoms with E-state index >= 15 is 0 Å². The van der Waals surface area contributed by atoms with Gasteiger partial charge in [-0.25, -0.2) is 0 Å². The molecule has 0 aliphatic carbocycles. The highest BCUT2D eigenvalue weighted by Crippen LogP contribution is 2.16. The highest BCUT2D eigenvalue weighted by Gasteiger charge is 1.99. The molecule has 5 aromatic carbocycles. The van der Waals surface area contributed by atoms with Crippen LogP contribution in [0.1, 0.15) is 134 Å². The van der Waals surface area contributed by atoms with Gasteiger partial charge in [0.1, 0.15) is 24.7 Å². The highest BCUT2D eigenvalue weighted by molar-refractivity contribution is 5.30. The van der Waals surface area contributed by atoms with Crippen LogP contribution in [0, 0.1) is 6.92 Å². The highest BCUT2D eigenvalue weighted by atomic mass is 16.5. The minimum absolute atomic E-state index is 0.568. The first-order chi connectivity index (χ1) is 26.9. The Balaban J connectivity index is 0. The Morgan fingerprint density at radius 3 is 1.09 bits per heavy atom. The van der Waals surface area contributed by atoms with Gasteiger partial charge in [0.2, 0.25) is 0 Å². The molecule has 0 heterocycles. The molecule has 0 unspecified atom stereocenters. The maximum absolute atomic E-state index is 5.75. The SMILES string of the molecule is CC.CC.CC.CCC.CCCc1cccc(C)c1.CCc1cccc(COc2ccc(CN)cc2)c1.CCc1cccc(COc2ccc(CN)cc2)c1. The van der Waals surface area contributed by atoms with Crippen LogP contribution < -0.4 is 20.9 Å². The molecule has 5 aromatic rings. The van der Waals surface area contributed by atoms with E-state index in [9.17, 15) is 0 Å². The second kappa shape index (κ2) is 36.6. The van der Waals surface area contributed by atoms with E-state index < -0.39 is 0 Å². The summed E-state index contributed by atoms with van der Waals surface area (Å²) in [6.45, 7) is 27.3. The van der Waals surface area contributed by atoms with E-state index in [1.54, 1.807) is 0 Å². The Morgan fingerprint density at radius 2 is 0.764 bits per heavy atom. The van der Waals surface area contributed by atoms with E-state index in [0.717, 1.165) is 35.5 Å². The van der Waals surface area contributed by atoms with Crippen molar-refractivity contribution in [1.82, 2.24) is 0 Å². The molecule has 55 heavy (non-hydrogen) atoms. The van der Waals surface area contributed by atoms with Crippen LogP contribution in [0.3, 0.4) is 0 Å². The van der Waals surface area contributed by atoms with E-state index in [1.807, 2.05) is 90.1 Å². The quantitative estimate of drug-likeness (QED) is 0.133. The van der Waals surface area contributed by atoms with E-state index in [-0.39, 0.29) is 0 Å². The maximum atomic E-state index is 5.75. The van der Waals surface area contributed by atoms with Crippen LogP contribution in [0.4, 0.5) is 0 Å². The fraction of sp³-hybridized carbons (Fsp3) is 0.412. The van der Waals surface area contributed by atoms with E-state index in [2.05, 4.69) is 114 Å². The van der Waals surface area contributed by atoms with Crippen molar-refractivity contribution in [2.45, 2.75) is 141 Å². The third kappa shape index (κ3) is 25.4. The summed E-state index contributed by atoms with van der Waals surface area (Å²) in [4.78, 5) is 0. The molecule has 0 fully saturated rings. The minimum Gasteiger partial charge on any atom is -0.489 e. The van der Waals surface area contributed by atoms with E-state index in [1.165, 1.54) is 52.6 Å². The van der Waals surface area contributed by atoms with Crippen molar-refractivity contribution in [1.29, 1.82) is 0 Å². The maximum Gasteiger partial charge on any atom is 0.119 e. The number of ether oxygens (including phenoxy) is 2. The van der Waals surface area contributed by atoms with E-state index in [0.29, 0.717) is 26.3 Å². The topological polar surface area (TPSA) is 70.5 Å². The van der Waals surface area contributed by atoms with Gasteiger partial charge in [-0.2, -0.15) is 0 Å². The molecule has 0 atom stereocenters. The Bertz CT molecular complexity index is 1470. The van der Waals surface area contributed by atoms with Crippen LogP contribution in [0.5, 0.6) is 11.5 Å². The number of benzene rings is 5. The molecular formula is C51H78N2O2. The van der Waals surface area contributed by atoms with Crippen LogP contribution >= 0.6 is 0 Å². The molecule has 0 aliphatic rings. The lowest BCUT2D eigenvalue weighted by Crippen LogP contribution is -1.98. The molecule has 0 amide bonds. The van der Waals surface area contributed by atoms with Gasteiger partial charge in [0, 0.05) is 13.1 Å². The molecule has 4 nitrogen and oxygen atoms in total. The molecule has 0 bridgehead atoms. The van der Waals surface area contributed by atoms with Crippen LogP contribution in [0.15, 0.2) is 121 Å². The Kier molecular flexibility index (Phi) is 35.1. The van der Waals surface area contributed by atoms with Crippen molar-refractivity contribution in [3.05, 3.63) is 166 Å². The molecule has 304 valence electrons. The lowest BCUT2D eigenvalue weighted by Gasteiger charge is -2.08. The number of hydrogen-bond donors (Lipinski definition) is 2. The van der Waals surface area contributed by atoms with Gasteiger partial charge in [-0.3, -0.25) is 0 Å². The first-order valence-electron chi connectivity index (χ1n) is 20.9. The van der Waals surface area contributed by atoms with Gasteiger partial charge in [0.15, 0.2) is 0 Å². The summed E-state index contributed by atoms with van der Waals surface area (Å²) < 4.78 is 11.5. The molecule has 0 radical (unpaired) electrons. The predicted molar refractivity (Wildman–Crippen MR) is 244 cm³/mol. The molecule has 0 saturated heterocycles. The summed E-state index contributed by atoms with van der Waals surface area (Å²) in [7, 11) is 0. The fourth-order valence-corrected chi connectivity index (χ4v) is 4.81. The third-order valence-electron chi connectivity index (χ3n) is 7.55. The summed E-state index contributed by atoms with van der Waals surface area (Å²) in [5.41, 5.74) is 21.3. The number of aryl methyl sites for hydroxylation is 4. The van der Waals surface area contributed by atoms with Gasteiger partial charge in [0.25, 0.3) is 0 Å². The van der Waals surface area contributed by atoms with Gasteiger partial charge in [-0.1, -0.05) is 192 Å². The molecule has 0 spiro atoms. The summed E-state index contributed by atoms with van der Waals surface area (Å²) in [6, 6.07) is 41.5. The first-order valence-corrected chi connectivity index (χ1v) is 20.9. The standard InChI is InChI=1S/2C16H19NO.C10H14.C3H8.3C2H6/c2*1-2-13-4-3-5-15(10-13)12-18-16-8-6-14(11-17)7-9-16;1-3-5-10-7-4-6-9(2)8-10;1-3-2;3*1-2/h2*3-10H,2,11-12,17H2,1H3;4,6-8H,3,5H2,1-2H3;3H2,1-2H3;3*1-2H3. The van der Waals surface area contributed by atoms with Crippen molar-refractivity contribution in [2.75, 3.05) is 0 Å². The van der Waals surface area contributed by atoms with Gasteiger partial charge in [0.05, 0.1) is 0 Å². The van der Waals surface area contributed by atoms with Gasteiger partial charge < -0.3 is 20.9 Å². The van der Waals surface area contributed by atoms with Crippen molar-refractivity contribution in [3.8, 4) is 11.5 Å². The zero-order chi connectivity index (χ0) is 41.7. The zero-order valence-corrected chi connectivity index (χ0v) is 36.9. The summed E-state index contributed by atoms with van der Waals surface area (Å²) in [6.07, 6.45) is 5.81. The molecule has 4 N–H and O–H groups in total. The molecule has 0 aliphatic heterocycles. The predicted octanol–water partition coefficient (Wildman–Crippen LogP) is 14.0. The zero-order valence-electron chi connectivity index (χ0n) is 36.9. The average Bonchev–Trinajstić information content (AvgIpc) is 3.25. The second-order valence-electron chi connectivity index (χ2n) is 12.1. The van der Waals surface area contributed by atoms with Gasteiger partial charge >= 0.3 is 0 Å². The van der Waals surface area contributed by atoms with Crippen LogP contribution in [0.2, 0.25) is 0 Å². The summed E-state index contributed by atoms with van der Waals surface area (Å²) in [5, 5.41) is 0. The summed E-state index contributed by atoms with van der Waals surface area (Å²) >= 11 is 0. The molecule has 5 rings (SSSR count). The molecule has 0 aromatic heterocycles. The third-order valence-corrected chi connectivity index (χ3v) is 7.55. The largest absolute Gasteiger partial charge is 0.489 e. The lowest BCUT2D eigenvalue weighted by molar-refractivity contribution is 0.306. The van der Waals surface area contributed by atoms with Crippen molar-refractivity contribution in [2.24, 2.45) is 11.5 Å². The molecule has 0 saturated carbocycles. The summed E-state index contributed by atoms with van der Waals surface area (Å²) in [5.74, 6) is 1.77. The van der Waals surface area contributed by atoms with Crippen LogP contribution in [-0.4, -0.2) is 0 Å². The number of hydrogen-bond acceptors (Lipinski definition) is 4. The fourth-order valence-electron chi connectivity index (χ4n) is 4.81. The number of nitrogens with two attached hydrogens (primary N) is 2. The Labute approximate surface area is 338 Å². The van der Waals surface area contributed by atoms with Gasteiger partial charge in [-0.05, 0) is 89.4 Å². The normalized spacial score (nSPS) is 9.20.